The Morgan fingerprint density at radius 2 is 2.11 bits per heavy atom. The van der Waals surface area contributed by atoms with Gasteiger partial charge in [-0.2, -0.15) is 11.8 Å². The summed E-state index contributed by atoms with van der Waals surface area (Å²) in [4.78, 5) is 0. The number of rotatable bonds is 4. The molecule has 1 nitrogen and oxygen atoms in total. The second kappa shape index (κ2) is 4.99. The van der Waals surface area contributed by atoms with Crippen LogP contribution in [0.4, 0.5) is 8.78 Å². The second-order valence-corrected chi connectivity index (χ2v) is 2.98. The van der Waals surface area contributed by atoms with Crippen LogP contribution in [-0.4, -0.2) is 24.0 Å². The molecule has 0 rings (SSSR count). The lowest BCUT2D eigenvalue weighted by Gasteiger charge is -2.07. The van der Waals surface area contributed by atoms with E-state index < -0.39 is 12.5 Å². The Labute approximate surface area is 58.0 Å². The molecule has 0 aliphatic heterocycles. The van der Waals surface area contributed by atoms with E-state index in [1.165, 1.54) is 11.8 Å². The molecule has 0 aliphatic rings. The van der Waals surface area contributed by atoms with Crippen LogP contribution in [0.25, 0.3) is 0 Å². The van der Waals surface area contributed by atoms with Crippen molar-refractivity contribution in [1.29, 1.82) is 0 Å². The van der Waals surface area contributed by atoms with E-state index in [1.807, 2.05) is 6.92 Å². The van der Waals surface area contributed by atoms with Crippen LogP contribution in [0.2, 0.25) is 0 Å². The number of alkyl halides is 2. The maximum atomic E-state index is 11.6. The highest BCUT2D eigenvalue weighted by molar-refractivity contribution is 7.99. The first-order valence-corrected chi connectivity index (χ1v) is 3.95. The number of hydrogen-bond donors (Lipinski definition) is 1. The molecule has 0 fully saturated rings. The smallest absolute Gasteiger partial charge is 0.254 e. The van der Waals surface area contributed by atoms with Crippen LogP contribution in [0.5, 0.6) is 0 Å². The average Bonchev–Trinajstić information content (AvgIpc) is 1.82. The summed E-state index contributed by atoms with van der Waals surface area (Å²) >= 11 is 1.44. The Bertz CT molecular complexity index is 70.0. The largest absolute Gasteiger partial charge is 0.322 e. The van der Waals surface area contributed by atoms with Crippen molar-refractivity contribution in [3.8, 4) is 0 Å². The van der Waals surface area contributed by atoms with Crippen LogP contribution in [0.15, 0.2) is 0 Å². The van der Waals surface area contributed by atoms with Crippen molar-refractivity contribution in [3.05, 3.63) is 0 Å². The topological polar surface area (TPSA) is 26.0 Å². The molecular formula is C5H11F2NS. The molecule has 0 spiro atoms. The summed E-state index contributed by atoms with van der Waals surface area (Å²) < 4.78 is 23.2. The van der Waals surface area contributed by atoms with Gasteiger partial charge < -0.3 is 5.73 Å². The lowest BCUT2D eigenvalue weighted by molar-refractivity contribution is 0.125. The maximum absolute atomic E-state index is 11.6. The second-order valence-electron chi connectivity index (χ2n) is 1.66. The SMILES string of the molecule is CCSCC(N)C(F)F. The monoisotopic (exact) mass is 155 g/mol. The average molecular weight is 155 g/mol. The van der Waals surface area contributed by atoms with Crippen molar-refractivity contribution >= 4 is 11.8 Å². The molecule has 0 amide bonds. The van der Waals surface area contributed by atoms with E-state index in [0.29, 0.717) is 5.75 Å². The summed E-state index contributed by atoms with van der Waals surface area (Å²) in [5.41, 5.74) is 5.03. The third-order valence-electron chi connectivity index (χ3n) is 0.838. The molecule has 0 aromatic carbocycles. The molecule has 0 aromatic heterocycles. The first-order chi connectivity index (χ1) is 4.18. The third-order valence-corrected chi connectivity index (χ3v) is 1.87. The van der Waals surface area contributed by atoms with E-state index in [4.69, 9.17) is 5.73 Å². The van der Waals surface area contributed by atoms with Crippen LogP contribution in [-0.2, 0) is 0 Å². The van der Waals surface area contributed by atoms with Gasteiger partial charge in [-0.15, -0.1) is 0 Å². The zero-order chi connectivity index (χ0) is 7.28. The van der Waals surface area contributed by atoms with Crippen molar-refractivity contribution < 1.29 is 8.78 Å². The van der Waals surface area contributed by atoms with E-state index in [9.17, 15) is 8.78 Å². The van der Waals surface area contributed by atoms with Gasteiger partial charge in [0.25, 0.3) is 6.43 Å². The molecule has 1 unspecified atom stereocenters. The molecule has 2 N–H and O–H groups in total. The van der Waals surface area contributed by atoms with Gasteiger partial charge in [-0.25, -0.2) is 8.78 Å². The summed E-state index contributed by atoms with van der Waals surface area (Å²) in [5, 5.41) is 0. The van der Waals surface area contributed by atoms with Crippen LogP contribution in [0.3, 0.4) is 0 Å². The molecule has 0 heterocycles. The number of nitrogens with two attached hydrogens (primary N) is 1. The molecule has 0 saturated heterocycles. The van der Waals surface area contributed by atoms with E-state index in [1.54, 1.807) is 0 Å². The van der Waals surface area contributed by atoms with Crippen LogP contribution in [0.1, 0.15) is 6.92 Å². The van der Waals surface area contributed by atoms with Gasteiger partial charge in [-0.1, -0.05) is 6.92 Å². The minimum atomic E-state index is -2.37. The number of thioether (sulfide) groups is 1. The number of halogens is 2. The molecule has 0 saturated carbocycles. The van der Waals surface area contributed by atoms with Gasteiger partial charge in [-0.3, -0.25) is 0 Å². The predicted octanol–water partition coefficient (Wildman–Crippen LogP) is 1.33. The summed E-state index contributed by atoms with van der Waals surface area (Å²) in [6.07, 6.45) is -2.37. The lowest BCUT2D eigenvalue weighted by atomic mass is 10.4. The van der Waals surface area contributed by atoms with E-state index in [2.05, 4.69) is 0 Å². The Morgan fingerprint density at radius 3 is 2.44 bits per heavy atom. The van der Waals surface area contributed by atoms with Crippen LogP contribution < -0.4 is 5.73 Å². The van der Waals surface area contributed by atoms with Gasteiger partial charge in [0, 0.05) is 5.75 Å². The molecule has 4 heteroatoms. The molecule has 0 bridgehead atoms. The van der Waals surface area contributed by atoms with Gasteiger partial charge in [0.2, 0.25) is 0 Å². The zero-order valence-electron chi connectivity index (χ0n) is 5.31. The fourth-order valence-corrected chi connectivity index (χ4v) is 0.980. The lowest BCUT2D eigenvalue weighted by Crippen LogP contribution is -2.31. The highest BCUT2D eigenvalue weighted by atomic mass is 32.2. The highest BCUT2D eigenvalue weighted by Gasteiger charge is 2.13. The Balaban J connectivity index is 3.16. The first-order valence-electron chi connectivity index (χ1n) is 2.80. The Kier molecular flexibility index (Phi) is 5.09. The minimum absolute atomic E-state index is 0.355. The Morgan fingerprint density at radius 1 is 1.56 bits per heavy atom. The minimum Gasteiger partial charge on any atom is -0.322 e. The van der Waals surface area contributed by atoms with Gasteiger partial charge in [-0.05, 0) is 5.75 Å². The predicted molar refractivity (Wildman–Crippen MR) is 37.0 cm³/mol. The molecule has 56 valence electrons. The summed E-state index contributed by atoms with van der Waals surface area (Å²) in [6.45, 7) is 1.92. The van der Waals surface area contributed by atoms with Crippen molar-refractivity contribution in [2.24, 2.45) is 5.73 Å². The standard InChI is InChI=1S/C5H11F2NS/c1-2-9-3-4(8)5(6)7/h4-5H,2-3,8H2,1H3. The van der Waals surface area contributed by atoms with E-state index in [-0.39, 0.29) is 0 Å². The van der Waals surface area contributed by atoms with Crippen molar-refractivity contribution in [3.63, 3.8) is 0 Å². The summed E-state index contributed by atoms with van der Waals surface area (Å²) in [6, 6.07) is -0.949. The highest BCUT2D eigenvalue weighted by Crippen LogP contribution is 2.06. The van der Waals surface area contributed by atoms with Crippen LogP contribution >= 0.6 is 11.8 Å². The van der Waals surface area contributed by atoms with Gasteiger partial charge >= 0.3 is 0 Å². The fourth-order valence-electron chi connectivity index (χ4n) is 0.327. The van der Waals surface area contributed by atoms with Crippen LogP contribution in [0, 0.1) is 0 Å². The maximum Gasteiger partial charge on any atom is 0.254 e. The van der Waals surface area contributed by atoms with Gasteiger partial charge in [0.05, 0.1) is 6.04 Å². The number of hydrogen-bond acceptors (Lipinski definition) is 2. The zero-order valence-corrected chi connectivity index (χ0v) is 6.13. The molecule has 1 atom stereocenters. The van der Waals surface area contributed by atoms with Gasteiger partial charge in [0.1, 0.15) is 0 Å². The molecule has 0 aromatic rings. The molecular weight excluding hydrogens is 144 g/mol. The third kappa shape index (κ3) is 4.66. The normalized spacial score (nSPS) is 14.3. The summed E-state index contributed by atoms with van der Waals surface area (Å²) in [5.74, 6) is 1.20. The fraction of sp³-hybridized carbons (Fsp3) is 1.00. The van der Waals surface area contributed by atoms with Crippen molar-refractivity contribution in [2.45, 2.75) is 19.4 Å². The van der Waals surface area contributed by atoms with Crippen molar-refractivity contribution in [1.82, 2.24) is 0 Å². The summed E-state index contributed by atoms with van der Waals surface area (Å²) in [7, 11) is 0. The molecule has 0 radical (unpaired) electrons. The molecule has 0 aliphatic carbocycles. The Hall–Kier alpha value is 0.170. The van der Waals surface area contributed by atoms with E-state index >= 15 is 0 Å². The quantitative estimate of drug-likeness (QED) is 0.662. The van der Waals surface area contributed by atoms with Gasteiger partial charge in [0.15, 0.2) is 0 Å². The van der Waals surface area contributed by atoms with Crippen molar-refractivity contribution in [2.75, 3.05) is 11.5 Å². The molecule has 9 heavy (non-hydrogen) atoms. The van der Waals surface area contributed by atoms with E-state index in [0.717, 1.165) is 5.75 Å². The first kappa shape index (κ1) is 9.17.